The lowest BCUT2D eigenvalue weighted by atomic mass is 9.87. The van der Waals surface area contributed by atoms with Gasteiger partial charge in [0.15, 0.2) is 5.82 Å². The van der Waals surface area contributed by atoms with Crippen molar-refractivity contribution in [3.05, 3.63) is 66.5 Å². The van der Waals surface area contributed by atoms with Gasteiger partial charge in [0.05, 0.1) is 18.6 Å². The normalized spacial score (nSPS) is 19.6. The van der Waals surface area contributed by atoms with E-state index in [0.29, 0.717) is 49.7 Å². The van der Waals surface area contributed by atoms with Gasteiger partial charge in [-0.2, -0.15) is 0 Å². The third-order valence-electron chi connectivity index (χ3n) is 7.84. The van der Waals surface area contributed by atoms with Crippen LogP contribution in [0.15, 0.2) is 60.9 Å². The van der Waals surface area contributed by atoms with E-state index >= 15 is 0 Å². The summed E-state index contributed by atoms with van der Waals surface area (Å²) >= 11 is 0. The van der Waals surface area contributed by atoms with E-state index in [0.717, 1.165) is 24.3 Å². The standard InChI is InChI=1S/C30H36N6O4/c1-22-18-24(6-9-26(22)37)33-29(39)30(21-40-2)10-13-34(20-30)19-27(38)36-16-14-35(15-17-36)25-7-4-23(5-8-25)28-31-11-3-12-32-28/h3-9,11-12,18,37H,10,13-17,19-21H2,1-2H3,(H,33,39). The SMILES string of the molecule is COCC1(C(=O)Nc2ccc(O)c(C)c2)CCN(CC(=O)N2CCN(c3ccc(-c4ncccn4)cc3)CC2)C1. The first-order valence-electron chi connectivity index (χ1n) is 13.6. The number of methoxy groups -OCH3 is 1. The van der Waals surface area contributed by atoms with Crippen LogP contribution in [0.4, 0.5) is 11.4 Å². The summed E-state index contributed by atoms with van der Waals surface area (Å²) in [6, 6.07) is 15.0. The lowest BCUT2D eigenvalue weighted by Crippen LogP contribution is -2.51. The van der Waals surface area contributed by atoms with E-state index in [2.05, 4.69) is 37.2 Å². The molecule has 1 atom stereocenters. The first-order chi connectivity index (χ1) is 19.4. The number of phenols is 1. The molecule has 0 spiro atoms. The molecular weight excluding hydrogens is 508 g/mol. The number of carbonyl (C=O) groups is 2. The molecule has 0 radical (unpaired) electrons. The molecule has 3 aromatic rings. The van der Waals surface area contributed by atoms with Gasteiger partial charge in [0, 0.05) is 69.2 Å². The minimum absolute atomic E-state index is 0.0824. The molecular formula is C30H36N6O4. The number of amides is 2. The molecule has 210 valence electrons. The number of likely N-dealkylation sites (tertiary alicyclic amines) is 1. The van der Waals surface area contributed by atoms with E-state index in [9.17, 15) is 14.7 Å². The van der Waals surface area contributed by atoms with Crippen molar-refractivity contribution in [2.24, 2.45) is 5.41 Å². The number of ether oxygens (including phenoxy) is 1. The van der Waals surface area contributed by atoms with Crippen LogP contribution in [0.5, 0.6) is 5.75 Å². The molecule has 2 saturated heterocycles. The van der Waals surface area contributed by atoms with Crippen molar-refractivity contribution in [3.63, 3.8) is 0 Å². The predicted molar refractivity (Wildman–Crippen MR) is 153 cm³/mol. The van der Waals surface area contributed by atoms with Crippen LogP contribution in [0.25, 0.3) is 11.4 Å². The molecule has 0 aliphatic carbocycles. The van der Waals surface area contributed by atoms with Gasteiger partial charge in [-0.1, -0.05) is 0 Å². The van der Waals surface area contributed by atoms with Crippen molar-refractivity contribution in [2.75, 3.05) is 69.7 Å². The maximum Gasteiger partial charge on any atom is 0.236 e. The minimum Gasteiger partial charge on any atom is -0.508 e. The topological polar surface area (TPSA) is 111 Å². The van der Waals surface area contributed by atoms with E-state index in [1.54, 1.807) is 50.7 Å². The first kappa shape index (κ1) is 27.5. The molecule has 1 unspecified atom stereocenters. The van der Waals surface area contributed by atoms with Crippen molar-refractivity contribution in [1.82, 2.24) is 19.8 Å². The molecule has 1 aromatic heterocycles. The fraction of sp³-hybridized carbons (Fsp3) is 0.400. The number of phenolic OH excluding ortho intramolecular Hbond substituents is 1. The molecule has 0 bridgehead atoms. The molecule has 2 N–H and O–H groups in total. The molecule has 40 heavy (non-hydrogen) atoms. The Morgan fingerprint density at radius 2 is 1.75 bits per heavy atom. The van der Waals surface area contributed by atoms with Gasteiger partial charge < -0.3 is 25.0 Å². The molecule has 2 fully saturated rings. The fourth-order valence-electron chi connectivity index (χ4n) is 5.51. The number of hydrogen-bond donors (Lipinski definition) is 2. The van der Waals surface area contributed by atoms with Crippen molar-refractivity contribution in [1.29, 1.82) is 0 Å². The number of aryl methyl sites for hydroxylation is 1. The highest BCUT2D eigenvalue weighted by Crippen LogP contribution is 2.33. The van der Waals surface area contributed by atoms with Crippen LogP contribution in [-0.4, -0.2) is 96.2 Å². The zero-order valence-electron chi connectivity index (χ0n) is 23.0. The number of rotatable bonds is 8. The smallest absolute Gasteiger partial charge is 0.236 e. The van der Waals surface area contributed by atoms with E-state index in [1.165, 1.54) is 0 Å². The number of hydrogen-bond acceptors (Lipinski definition) is 8. The third kappa shape index (κ3) is 6.08. The molecule has 10 heteroatoms. The largest absolute Gasteiger partial charge is 0.508 e. The summed E-state index contributed by atoms with van der Waals surface area (Å²) in [5.74, 6) is 0.841. The van der Waals surface area contributed by atoms with E-state index < -0.39 is 5.41 Å². The molecule has 2 amide bonds. The molecule has 3 heterocycles. The van der Waals surface area contributed by atoms with Crippen LogP contribution in [-0.2, 0) is 14.3 Å². The van der Waals surface area contributed by atoms with Gasteiger partial charge in [0.25, 0.3) is 0 Å². The number of aromatic nitrogens is 2. The Morgan fingerprint density at radius 1 is 1.02 bits per heavy atom. The Bertz CT molecular complexity index is 1330. The van der Waals surface area contributed by atoms with E-state index in [1.807, 2.05) is 17.0 Å². The number of piperazine rings is 1. The zero-order valence-corrected chi connectivity index (χ0v) is 23.0. The van der Waals surface area contributed by atoms with E-state index in [4.69, 9.17) is 4.74 Å². The van der Waals surface area contributed by atoms with Crippen LogP contribution >= 0.6 is 0 Å². The second-order valence-electron chi connectivity index (χ2n) is 10.6. The second-order valence-corrected chi connectivity index (χ2v) is 10.6. The average molecular weight is 545 g/mol. The Balaban J connectivity index is 1.13. The summed E-state index contributed by atoms with van der Waals surface area (Å²) < 4.78 is 5.45. The van der Waals surface area contributed by atoms with Crippen LogP contribution in [0.3, 0.4) is 0 Å². The summed E-state index contributed by atoms with van der Waals surface area (Å²) in [5.41, 5.74) is 2.67. The highest BCUT2D eigenvalue weighted by molar-refractivity contribution is 5.96. The monoisotopic (exact) mass is 544 g/mol. The van der Waals surface area contributed by atoms with Gasteiger partial charge >= 0.3 is 0 Å². The van der Waals surface area contributed by atoms with Gasteiger partial charge in [0.2, 0.25) is 11.8 Å². The minimum atomic E-state index is -0.740. The zero-order chi connectivity index (χ0) is 28.1. The number of benzene rings is 2. The lowest BCUT2D eigenvalue weighted by molar-refractivity contribution is -0.133. The van der Waals surface area contributed by atoms with Gasteiger partial charge in [-0.3, -0.25) is 14.5 Å². The Morgan fingerprint density at radius 3 is 2.42 bits per heavy atom. The van der Waals surface area contributed by atoms with Gasteiger partial charge in [0.1, 0.15) is 5.75 Å². The molecule has 2 aliphatic heterocycles. The lowest BCUT2D eigenvalue weighted by Gasteiger charge is -2.37. The third-order valence-corrected chi connectivity index (χ3v) is 7.84. The van der Waals surface area contributed by atoms with Crippen molar-refractivity contribution >= 4 is 23.2 Å². The fourth-order valence-corrected chi connectivity index (χ4v) is 5.51. The summed E-state index contributed by atoms with van der Waals surface area (Å²) in [5, 5.41) is 12.8. The van der Waals surface area contributed by atoms with Crippen LogP contribution in [0, 0.1) is 12.3 Å². The summed E-state index contributed by atoms with van der Waals surface area (Å²) in [7, 11) is 1.59. The highest BCUT2D eigenvalue weighted by Gasteiger charge is 2.45. The Hall–Kier alpha value is -4.02. The predicted octanol–water partition coefficient (Wildman–Crippen LogP) is 2.78. The highest BCUT2D eigenvalue weighted by atomic mass is 16.5. The van der Waals surface area contributed by atoms with Crippen molar-refractivity contribution < 1.29 is 19.4 Å². The summed E-state index contributed by atoms with van der Waals surface area (Å²) in [6.45, 7) is 6.26. The van der Waals surface area contributed by atoms with Gasteiger partial charge in [-0.25, -0.2) is 9.97 Å². The molecule has 2 aromatic carbocycles. The number of nitrogens with zero attached hydrogens (tertiary/aromatic N) is 5. The van der Waals surface area contributed by atoms with Crippen LogP contribution in [0.2, 0.25) is 0 Å². The van der Waals surface area contributed by atoms with Crippen molar-refractivity contribution in [2.45, 2.75) is 13.3 Å². The van der Waals surface area contributed by atoms with Gasteiger partial charge in [-0.05, 0) is 74.0 Å². The number of anilines is 2. The maximum atomic E-state index is 13.3. The first-order valence-corrected chi connectivity index (χ1v) is 13.6. The molecule has 0 saturated carbocycles. The number of aromatic hydroxyl groups is 1. The summed E-state index contributed by atoms with van der Waals surface area (Å²) in [4.78, 5) is 41.4. The second kappa shape index (κ2) is 12.0. The molecule has 10 nitrogen and oxygen atoms in total. The number of carbonyl (C=O) groups excluding carboxylic acids is 2. The number of nitrogens with one attached hydrogen (secondary N) is 1. The van der Waals surface area contributed by atoms with Crippen LogP contribution < -0.4 is 10.2 Å². The average Bonchev–Trinajstić information content (AvgIpc) is 3.39. The van der Waals surface area contributed by atoms with Gasteiger partial charge in [-0.15, -0.1) is 0 Å². The Kier molecular flexibility index (Phi) is 8.27. The van der Waals surface area contributed by atoms with E-state index in [-0.39, 0.29) is 30.7 Å². The molecule has 5 rings (SSSR count). The summed E-state index contributed by atoms with van der Waals surface area (Å²) in [6.07, 6.45) is 4.08. The van der Waals surface area contributed by atoms with Crippen molar-refractivity contribution in [3.8, 4) is 17.1 Å². The molecule has 2 aliphatic rings. The quantitative estimate of drug-likeness (QED) is 0.417. The maximum absolute atomic E-state index is 13.3. The Labute approximate surface area is 234 Å². The van der Waals surface area contributed by atoms with Crippen LogP contribution in [0.1, 0.15) is 12.0 Å².